The predicted octanol–water partition coefficient (Wildman–Crippen LogP) is 6.24. The third-order valence-electron chi connectivity index (χ3n) is 5.91. The number of hydrogen-bond acceptors (Lipinski definition) is 3. The Labute approximate surface area is 205 Å². The standard InChI is InChI=1S/C27H27Cl2NO3/c28-24-13-12-23(16-25(24)29)27(14-7-15-32-18-22-10-5-2-6-11-22)20-30(26(31)19-33-27)17-21-8-3-1-4-9-21/h1-6,8-13,16H,7,14-15,17-20H2. The van der Waals surface area contributed by atoms with Crippen LogP contribution in [0.2, 0.25) is 10.0 Å². The maximum Gasteiger partial charge on any atom is 0.249 e. The van der Waals surface area contributed by atoms with E-state index in [1.54, 1.807) is 6.07 Å². The van der Waals surface area contributed by atoms with Crippen LogP contribution in [0, 0.1) is 0 Å². The molecule has 3 aromatic rings. The Balaban J connectivity index is 1.48. The highest BCUT2D eigenvalue weighted by Gasteiger charge is 2.41. The van der Waals surface area contributed by atoms with Crippen molar-refractivity contribution in [3.05, 3.63) is 106 Å². The molecular formula is C27H27Cl2NO3. The predicted molar refractivity (Wildman–Crippen MR) is 131 cm³/mol. The highest BCUT2D eigenvalue weighted by atomic mass is 35.5. The minimum atomic E-state index is -0.674. The SMILES string of the molecule is O=C1COC(CCCOCc2ccccc2)(c2ccc(Cl)c(Cl)c2)CN1Cc1ccccc1. The lowest BCUT2D eigenvalue weighted by Crippen LogP contribution is -2.52. The molecule has 4 rings (SSSR count). The Morgan fingerprint density at radius 2 is 1.61 bits per heavy atom. The first-order valence-electron chi connectivity index (χ1n) is 11.1. The maximum atomic E-state index is 12.7. The minimum Gasteiger partial charge on any atom is -0.377 e. The molecule has 1 aliphatic rings. The summed E-state index contributed by atoms with van der Waals surface area (Å²) in [6.07, 6.45) is 1.47. The quantitative estimate of drug-likeness (QED) is 0.337. The molecule has 1 fully saturated rings. The summed E-state index contributed by atoms with van der Waals surface area (Å²) in [5.74, 6) is -0.0186. The fraction of sp³-hybridized carbons (Fsp3) is 0.296. The fourth-order valence-electron chi connectivity index (χ4n) is 4.15. The van der Waals surface area contributed by atoms with Crippen molar-refractivity contribution in [3.8, 4) is 0 Å². The summed E-state index contributed by atoms with van der Waals surface area (Å²) < 4.78 is 12.1. The smallest absolute Gasteiger partial charge is 0.249 e. The molecule has 0 aromatic heterocycles. The number of ether oxygens (including phenoxy) is 2. The average Bonchev–Trinajstić information content (AvgIpc) is 2.84. The van der Waals surface area contributed by atoms with E-state index in [9.17, 15) is 4.79 Å². The maximum absolute atomic E-state index is 12.7. The molecule has 172 valence electrons. The number of amides is 1. The molecule has 3 aromatic carbocycles. The van der Waals surface area contributed by atoms with Crippen molar-refractivity contribution in [3.63, 3.8) is 0 Å². The summed E-state index contributed by atoms with van der Waals surface area (Å²) in [6.45, 7) is 2.17. The number of carbonyl (C=O) groups excluding carboxylic acids is 1. The van der Waals surface area contributed by atoms with Crippen molar-refractivity contribution in [1.29, 1.82) is 0 Å². The first kappa shape index (κ1) is 23.8. The Morgan fingerprint density at radius 1 is 0.909 bits per heavy atom. The van der Waals surface area contributed by atoms with Gasteiger partial charge in [-0.2, -0.15) is 0 Å². The van der Waals surface area contributed by atoms with Crippen molar-refractivity contribution in [2.24, 2.45) is 0 Å². The molecule has 0 aliphatic carbocycles. The van der Waals surface area contributed by atoms with Gasteiger partial charge in [0.1, 0.15) is 12.2 Å². The summed E-state index contributed by atoms with van der Waals surface area (Å²) in [7, 11) is 0. The van der Waals surface area contributed by atoms with Crippen molar-refractivity contribution >= 4 is 29.1 Å². The van der Waals surface area contributed by atoms with Crippen LogP contribution in [-0.2, 0) is 33.0 Å². The average molecular weight is 484 g/mol. The third-order valence-corrected chi connectivity index (χ3v) is 6.65. The lowest BCUT2D eigenvalue weighted by molar-refractivity contribution is -0.169. The molecule has 0 N–H and O–H groups in total. The first-order chi connectivity index (χ1) is 16.1. The van der Waals surface area contributed by atoms with E-state index >= 15 is 0 Å². The second-order valence-corrected chi connectivity index (χ2v) is 9.10. The molecule has 33 heavy (non-hydrogen) atoms. The number of halogens is 2. The molecule has 1 saturated heterocycles. The van der Waals surface area contributed by atoms with Gasteiger partial charge in [0.25, 0.3) is 0 Å². The molecule has 1 heterocycles. The van der Waals surface area contributed by atoms with Crippen LogP contribution < -0.4 is 0 Å². The molecule has 0 saturated carbocycles. The van der Waals surface area contributed by atoms with Crippen LogP contribution in [0.25, 0.3) is 0 Å². The van der Waals surface area contributed by atoms with E-state index in [1.165, 1.54) is 0 Å². The Hall–Kier alpha value is -2.37. The van der Waals surface area contributed by atoms with Crippen molar-refractivity contribution < 1.29 is 14.3 Å². The Bertz CT molecular complexity index is 1060. The zero-order valence-corrected chi connectivity index (χ0v) is 19.9. The number of rotatable bonds is 9. The van der Waals surface area contributed by atoms with Gasteiger partial charge in [-0.05, 0) is 41.7 Å². The molecule has 6 heteroatoms. The number of nitrogens with zero attached hydrogens (tertiary/aromatic N) is 1. The lowest BCUT2D eigenvalue weighted by Gasteiger charge is -2.43. The highest BCUT2D eigenvalue weighted by molar-refractivity contribution is 6.42. The first-order valence-corrected chi connectivity index (χ1v) is 11.8. The topological polar surface area (TPSA) is 38.8 Å². The Kier molecular flexibility index (Phi) is 8.05. The molecule has 0 radical (unpaired) electrons. The number of carbonyl (C=O) groups is 1. The Morgan fingerprint density at radius 3 is 2.30 bits per heavy atom. The number of morpholine rings is 1. The minimum absolute atomic E-state index is 0.0186. The van der Waals surface area contributed by atoms with Crippen molar-refractivity contribution in [2.75, 3.05) is 19.8 Å². The zero-order chi connectivity index (χ0) is 23.1. The van der Waals surface area contributed by atoms with Crippen LogP contribution in [0.5, 0.6) is 0 Å². The normalized spacial score (nSPS) is 18.5. The lowest BCUT2D eigenvalue weighted by atomic mass is 9.87. The van der Waals surface area contributed by atoms with Crippen molar-refractivity contribution in [1.82, 2.24) is 4.90 Å². The van der Waals surface area contributed by atoms with Gasteiger partial charge < -0.3 is 14.4 Å². The monoisotopic (exact) mass is 483 g/mol. The van der Waals surface area contributed by atoms with E-state index < -0.39 is 5.60 Å². The van der Waals surface area contributed by atoms with Crippen LogP contribution in [0.1, 0.15) is 29.5 Å². The molecule has 0 bridgehead atoms. The van der Waals surface area contributed by atoms with Gasteiger partial charge in [-0.3, -0.25) is 4.79 Å². The fourth-order valence-corrected chi connectivity index (χ4v) is 4.45. The highest BCUT2D eigenvalue weighted by Crippen LogP contribution is 2.38. The largest absolute Gasteiger partial charge is 0.377 e. The van der Waals surface area contributed by atoms with Gasteiger partial charge in [0.2, 0.25) is 5.91 Å². The summed E-state index contributed by atoms with van der Waals surface area (Å²) in [5, 5.41) is 0.971. The van der Waals surface area contributed by atoms with Gasteiger partial charge in [-0.25, -0.2) is 0 Å². The zero-order valence-electron chi connectivity index (χ0n) is 18.4. The van der Waals surface area contributed by atoms with Crippen molar-refractivity contribution in [2.45, 2.75) is 31.6 Å². The van der Waals surface area contributed by atoms with Crippen LogP contribution in [0.4, 0.5) is 0 Å². The number of hydrogen-bond donors (Lipinski definition) is 0. The number of benzene rings is 3. The second kappa shape index (κ2) is 11.2. The van der Waals surface area contributed by atoms with Crippen LogP contribution in [0.3, 0.4) is 0 Å². The van der Waals surface area contributed by atoms with E-state index in [0.29, 0.717) is 42.8 Å². The molecule has 1 amide bonds. The van der Waals surface area contributed by atoms with Gasteiger partial charge in [0.15, 0.2) is 0 Å². The molecule has 1 atom stereocenters. The van der Waals surface area contributed by atoms with Gasteiger partial charge in [-0.15, -0.1) is 0 Å². The van der Waals surface area contributed by atoms with E-state index in [4.69, 9.17) is 32.7 Å². The second-order valence-electron chi connectivity index (χ2n) is 8.29. The third kappa shape index (κ3) is 6.15. The van der Waals surface area contributed by atoms with E-state index in [2.05, 4.69) is 12.1 Å². The van der Waals surface area contributed by atoms with E-state index in [1.807, 2.05) is 65.6 Å². The van der Waals surface area contributed by atoms with Gasteiger partial charge in [0, 0.05) is 13.2 Å². The molecule has 4 nitrogen and oxygen atoms in total. The van der Waals surface area contributed by atoms with Gasteiger partial charge in [0.05, 0.1) is 23.2 Å². The van der Waals surface area contributed by atoms with Gasteiger partial charge in [-0.1, -0.05) is 89.9 Å². The summed E-state index contributed by atoms with van der Waals surface area (Å²) in [5.41, 5.74) is 2.48. The summed E-state index contributed by atoms with van der Waals surface area (Å²) in [4.78, 5) is 14.6. The molecule has 0 spiro atoms. The molecular weight excluding hydrogens is 457 g/mol. The van der Waals surface area contributed by atoms with E-state index in [-0.39, 0.29) is 12.5 Å². The van der Waals surface area contributed by atoms with Crippen LogP contribution in [0.15, 0.2) is 78.9 Å². The van der Waals surface area contributed by atoms with E-state index in [0.717, 1.165) is 23.1 Å². The molecule has 1 aliphatic heterocycles. The van der Waals surface area contributed by atoms with Crippen LogP contribution >= 0.6 is 23.2 Å². The molecule has 1 unspecified atom stereocenters. The summed E-state index contributed by atoms with van der Waals surface area (Å²) in [6, 6.07) is 25.7. The van der Waals surface area contributed by atoms with Crippen LogP contribution in [-0.4, -0.2) is 30.6 Å². The van der Waals surface area contributed by atoms with Gasteiger partial charge >= 0.3 is 0 Å². The summed E-state index contributed by atoms with van der Waals surface area (Å²) >= 11 is 12.5.